The molecule has 1 fully saturated rings. The van der Waals surface area contributed by atoms with Crippen LogP contribution in [0.1, 0.15) is 31.9 Å². The molecular formula is C15H20FNO2. The van der Waals surface area contributed by atoms with E-state index in [1.54, 1.807) is 17.0 Å². The first kappa shape index (κ1) is 14.0. The Labute approximate surface area is 113 Å². The highest BCUT2D eigenvalue weighted by molar-refractivity contribution is 5.78. The maximum atomic E-state index is 13.9. The van der Waals surface area contributed by atoms with Crippen LogP contribution in [0.3, 0.4) is 0 Å². The number of carbonyl (C=O) groups excluding carboxylic acids is 1. The number of ether oxygens (including phenoxy) is 1. The molecule has 1 aromatic rings. The number of carbonyl (C=O) groups is 1. The van der Waals surface area contributed by atoms with Crippen molar-refractivity contribution in [3.63, 3.8) is 0 Å². The predicted molar refractivity (Wildman–Crippen MR) is 71.1 cm³/mol. The third kappa shape index (κ3) is 3.13. The van der Waals surface area contributed by atoms with Gasteiger partial charge in [-0.25, -0.2) is 4.39 Å². The molecule has 104 valence electrons. The van der Waals surface area contributed by atoms with Gasteiger partial charge in [-0.1, -0.05) is 25.1 Å². The van der Waals surface area contributed by atoms with Gasteiger partial charge in [0.15, 0.2) is 0 Å². The molecule has 1 aliphatic rings. The van der Waals surface area contributed by atoms with Gasteiger partial charge in [0, 0.05) is 18.7 Å². The lowest BCUT2D eigenvalue weighted by molar-refractivity contribution is -0.137. The SMILES string of the molecule is CCOCC(=O)N1C[C@@H](C)C[C@H]1c1ccccc1F. The maximum Gasteiger partial charge on any atom is 0.249 e. The fourth-order valence-corrected chi connectivity index (χ4v) is 2.63. The number of hydrogen-bond acceptors (Lipinski definition) is 2. The summed E-state index contributed by atoms with van der Waals surface area (Å²) in [6, 6.07) is 6.53. The Morgan fingerprint density at radius 3 is 2.89 bits per heavy atom. The van der Waals surface area contributed by atoms with Crippen LogP contribution in [-0.4, -0.2) is 30.6 Å². The van der Waals surface area contributed by atoms with E-state index in [1.807, 2.05) is 13.0 Å². The minimum absolute atomic E-state index is 0.0561. The van der Waals surface area contributed by atoms with Crippen LogP contribution in [0, 0.1) is 11.7 Å². The molecule has 2 atom stereocenters. The third-order valence-corrected chi connectivity index (χ3v) is 3.52. The van der Waals surface area contributed by atoms with Gasteiger partial charge in [0.2, 0.25) is 5.91 Å². The monoisotopic (exact) mass is 265 g/mol. The minimum Gasteiger partial charge on any atom is -0.372 e. The Morgan fingerprint density at radius 1 is 1.47 bits per heavy atom. The van der Waals surface area contributed by atoms with E-state index in [9.17, 15) is 9.18 Å². The van der Waals surface area contributed by atoms with E-state index in [1.165, 1.54) is 6.07 Å². The molecule has 3 nitrogen and oxygen atoms in total. The lowest BCUT2D eigenvalue weighted by atomic mass is 10.0. The topological polar surface area (TPSA) is 29.5 Å². The van der Waals surface area contributed by atoms with E-state index in [-0.39, 0.29) is 24.4 Å². The molecule has 0 saturated carbocycles. The molecule has 1 heterocycles. The molecule has 19 heavy (non-hydrogen) atoms. The molecule has 1 aromatic carbocycles. The van der Waals surface area contributed by atoms with Gasteiger partial charge in [0.25, 0.3) is 0 Å². The number of hydrogen-bond donors (Lipinski definition) is 0. The summed E-state index contributed by atoms with van der Waals surface area (Å²) in [7, 11) is 0. The zero-order valence-corrected chi connectivity index (χ0v) is 11.4. The van der Waals surface area contributed by atoms with Gasteiger partial charge in [-0.15, -0.1) is 0 Å². The van der Waals surface area contributed by atoms with Crippen molar-refractivity contribution in [2.75, 3.05) is 19.8 Å². The van der Waals surface area contributed by atoms with E-state index >= 15 is 0 Å². The molecule has 0 aromatic heterocycles. The fraction of sp³-hybridized carbons (Fsp3) is 0.533. The number of rotatable bonds is 4. The van der Waals surface area contributed by atoms with Crippen LogP contribution in [0.2, 0.25) is 0 Å². The van der Waals surface area contributed by atoms with E-state index in [0.29, 0.717) is 24.6 Å². The average Bonchev–Trinajstić information content (AvgIpc) is 2.78. The average molecular weight is 265 g/mol. The summed E-state index contributed by atoms with van der Waals surface area (Å²) in [5.41, 5.74) is 0.608. The van der Waals surface area contributed by atoms with E-state index in [2.05, 4.69) is 6.92 Å². The lowest BCUT2D eigenvalue weighted by Gasteiger charge is -2.25. The van der Waals surface area contributed by atoms with E-state index in [4.69, 9.17) is 4.74 Å². The Kier molecular flexibility index (Phi) is 4.53. The molecule has 0 spiro atoms. The van der Waals surface area contributed by atoms with Gasteiger partial charge in [0.1, 0.15) is 12.4 Å². The highest BCUT2D eigenvalue weighted by atomic mass is 19.1. The van der Waals surface area contributed by atoms with Crippen molar-refractivity contribution >= 4 is 5.91 Å². The zero-order valence-electron chi connectivity index (χ0n) is 11.4. The summed E-state index contributed by atoms with van der Waals surface area (Å²) < 4.78 is 19.1. The molecule has 0 radical (unpaired) electrons. The van der Waals surface area contributed by atoms with Gasteiger partial charge < -0.3 is 9.64 Å². The standard InChI is InChI=1S/C15H20FNO2/c1-3-19-10-15(18)17-9-11(2)8-14(17)12-6-4-5-7-13(12)16/h4-7,11,14H,3,8-10H2,1-2H3/t11-,14-/m0/s1. The molecule has 0 bridgehead atoms. The summed E-state index contributed by atoms with van der Waals surface area (Å²) in [6.45, 7) is 5.20. The second-order valence-corrected chi connectivity index (χ2v) is 5.06. The van der Waals surface area contributed by atoms with Crippen LogP contribution in [0.4, 0.5) is 4.39 Å². The summed E-state index contributed by atoms with van der Waals surface area (Å²) in [6.07, 6.45) is 0.804. The summed E-state index contributed by atoms with van der Waals surface area (Å²) in [4.78, 5) is 13.9. The first-order valence-corrected chi connectivity index (χ1v) is 6.75. The Balaban J connectivity index is 2.18. The van der Waals surface area contributed by atoms with Crippen LogP contribution in [0.5, 0.6) is 0 Å². The van der Waals surface area contributed by atoms with Gasteiger partial charge in [-0.05, 0) is 25.3 Å². The molecule has 4 heteroatoms. The maximum absolute atomic E-state index is 13.9. The second kappa shape index (κ2) is 6.15. The molecule has 1 saturated heterocycles. The first-order valence-electron chi connectivity index (χ1n) is 6.75. The summed E-state index contributed by atoms with van der Waals surface area (Å²) in [5, 5.41) is 0. The Morgan fingerprint density at radius 2 is 2.21 bits per heavy atom. The van der Waals surface area contributed by atoms with Gasteiger partial charge in [0.05, 0.1) is 6.04 Å². The van der Waals surface area contributed by atoms with E-state index < -0.39 is 0 Å². The normalized spacial score (nSPS) is 22.8. The molecule has 0 N–H and O–H groups in total. The van der Waals surface area contributed by atoms with Gasteiger partial charge in [-0.3, -0.25) is 4.79 Å². The van der Waals surface area contributed by atoms with Crippen molar-refractivity contribution in [1.82, 2.24) is 4.90 Å². The molecular weight excluding hydrogens is 245 g/mol. The van der Waals surface area contributed by atoms with Gasteiger partial charge in [-0.2, -0.15) is 0 Å². The number of likely N-dealkylation sites (tertiary alicyclic amines) is 1. The highest BCUT2D eigenvalue weighted by Gasteiger charge is 2.35. The summed E-state index contributed by atoms with van der Waals surface area (Å²) in [5.74, 6) is 0.0884. The van der Waals surface area contributed by atoms with Crippen LogP contribution >= 0.6 is 0 Å². The van der Waals surface area contributed by atoms with Crippen molar-refractivity contribution in [2.24, 2.45) is 5.92 Å². The van der Waals surface area contributed by atoms with Gasteiger partial charge >= 0.3 is 0 Å². The van der Waals surface area contributed by atoms with Crippen molar-refractivity contribution in [2.45, 2.75) is 26.3 Å². The van der Waals surface area contributed by atoms with Crippen LogP contribution in [0.25, 0.3) is 0 Å². The van der Waals surface area contributed by atoms with Crippen molar-refractivity contribution in [1.29, 1.82) is 0 Å². The van der Waals surface area contributed by atoms with E-state index in [0.717, 1.165) is 6.42 Å². The summed E-state index contributed by atoms with van der Waals surface area (Å²) >= 11 is 0. The molecule has 1 amide bonds. The van der Waals surface area contributed by atoms with Crippen molar-refractivity contribution in [3.05, 3.63) is 35.6 Å². The number of benzene rings is 1. The zero-order chi connectivity index (χ0) is 13.8. The van der Waals surface area contributed by atoms with Crippen molar-refractivity contribution in [3.8, 4) is 0 Å². The third-order valence-electron chi connectivity index (χ3n) is 3.52. The predicted octanol–water partition coefficient (Wildman–Crippen LogP) is 2.77. The minimum atomic E-state index is -0.240. The molecule has 1 aliphatic heterocycles. The molecule has 0 aliphatic carbocycles. The largest absolute Gasteiger partial charge is 0.372 e. The highest BCUT2D eigenvalue weighted by Crippen LogP contribution is 2.36. The fourth-order valence-electron chi connectivity index (χ4n) is 2.63. The van der Waals surface area contributed by atoms with Crippen LogP contribution in [-0.2, 0) is 9.53 Å². The smallest absolute Gasteiger partial charge is 0.249 e. The number of nitrogens with zero attached hydrogens (tertiary/aromatic N) is 1. The van der Waals surface area contributed by atoms with Crippen molar-refractivity contribution < 1.29 is 13.9 Å². The van der Waals surface area contributed by atoms with Crippen LogP contribution < -0.4 is 0 Å². The Bertz CT molecular complexity index is 450. The second-order valence-electron chi connectivity index (χ2n) is 5.06. The molecule has 2 rings (SSSR count). The number of amides is 1. The van der Waals surface area contributed by atoms with Crippen LogP contribution in [0.15, 0.2) is 24.3 Å². The number of halogens is 1. The Hall–Kier alpha value is -1.42. The first-order chi connectivity index (χ1) is 9.13. The molecule has 0 unspecified atom stereocenters. The lowest BCUT2D eigenvalue weighted by Crippen LogP contribution is -2.34. The quantitative estimate of drug-likeness (QED) is 0.837.